The molecule has 0 unspecified atom stereocenters. The highest BCUT2D eigenvalue weighted by atomic mass is 19.1. The van der Waals surface area contributed by atoms with Crippen LogP contribution in [-0.2, 0) is 16.1 Å². The molecular formula is C18H26FN3O3. The monoisotopic (exact) mass is 351 g/mol. The van der Waals surface area contributed by atoms with E-state index in [4.69, 9.17) is 5.73 Å². The van der Waals surface area contributed by atoms with Crippen molar-refractivity contribution in [2.75, 3.05) is 13.1 Å². The molecule has 138 valence electrons. The highest BCUT2D eigenvalue weighted by molar-refractivity contribution is 5.87. The zero-order valence-corrected chi connectivity index (χ0v) is 14.3. The van der Waals surface area contributed by atoms with Crippen LogP contribution in [0.1, 0.15) is 37.7 Å². The Morgan fingerprint density at radius 2 is 2.04 bits per heavy atom. The van der Waals surface area contributed by atoms with Crippen LogP contribution in [0.4, 0.5) is 4.39 Å². The Kier molecular flexibility index (Phi) is 7.33. The summed E-state index contributed by atoms with van der Waals surface area (Å²) in [6.07, 6.45) is 3.39. The van der Waals surface area contributed by atoms with Gasteiger partial charge in [0, 0.05) is 13.1 Å². The Hall–Kier alpha value is -1.99. The third-order valence-electron chi connectivity index (χ3n) is 4.53. The predicted octanol–water partition coefficient (Wildman–Crippen LogP) is 1.49. The number of carbonyl (C=O) groups excluding carboxylic acids is 1. The number of halogens is 1. The fourth-order valence-electron chi connectivity index (χ4n) is 3.14. The number of likely N-dealkylation sites (tertiary alicyclic amines) is 1. The Labute approximate surface area is 147 Å². The maximum Gasteiger partial charge on any atom is 0.326 e. The first-order chi connectivity index (χ1) is 12.0. The SMILES string of the molecule is NCCCC[C@H](NCc1ccc(F)cc1)C(=O)N1CCC[C@H]1C(=O)O. The number of carbonyl (C=O) groups is 2. The quantitative estimate of drug-likeness (QED) is 0.586. The number of benzene rings is 1. The molecule has 2 rings (SSSR count). The van der Waals surface area contributed by atoms with Crippen LogP contribution in [-0.4, -0.2) is 47.1 Å². The summed E-state index contributed by atoms with van der Waals surface area (Å²) in [6.45, 7) is 1.45. The van der Waals surface area contributed by atoms with Gasteiger partial charge < -0.3 is 21.1 Å². The third-order valence-corrected chi connectivity index (χ3v) is 4.53. The van der Waals surface area contributed by atoms with E-state index >= 15 is 0 Å². The molecule has 0 saturated carbocycles. The van der Waals surface area contributed by atoms with Crippen LogP contribution >= 0.6 is 0 Å². The lowest BCUT2D eigenvalue weighted by Gasteiger charge is -2.27. The van der Waals surface area contributed by atoms with E-state index in [2.05, 4.69) is 5.32 Å². The van der Waals surface area contributed by atoms with E-state index in [0.717, 1.165) is 18.4 Å². The number of hydrogen-bond acceptors (Lipinski definition) is 4. The highest BCUT2D eigenvalue weighted by Crippen LogP contribution is 2.20. The summed E-state index contributed by atoms with van der Waals surface area (Å²) in [4.78, 5) is 25.6. The molecule has 6 nitrogen and oxygen atoms in total. The van der Waals surface area contributed by atoms with Crippen molar-refractivity contribution < 1.29 is 19.1 Å². The van der Waals surface area contributed by atoms with Gasteiger partial charge in [0.25, 0.3) is 0 Å². The van der Waals surface area contributed by atoms with Gasteiger partial charge >= 0.3 is 5.97 Å². The van der Waals surface area contributed by atoms with Crippen LogP contribution in [0.2, 0.25) is 0 Å². The van der Waals surface area contributed by atoms with E-state index in [1.165, 1.54) is 17.0 Å². The van der Waals surface area contributed by atoms with Crippen molar-refractivity contribution in [3.05, 3.63) is 35.6 Å². The number of carboxylic acids is 1. The second-order valence-electron chi connectivity index (χ2n) is 6.37. The fourth-order valence-corrected chi connectivity index (χ4v) is 3.14. The van der Waals surface area contributed by atoms with Crippen molar-refractivity contribution in [3.8, 4) is 0 Å². The van der Waals surface area contributed by atoms with E-state index in [1.807, 2.05) is 0 Å². The Balaban J connectivity index is 2.01. The first-order valence-electron chi connectivity index (χ1n) is 8.74. The van der Waals surface area contributed by atoms with Crippen LogP contribution < -0.4 is 11.1 Å². The van der Waals surface area contributed by atoms with Gasteiger partial charge in [-0.25, -0.2) is 9.18 Å². The topological polar surface area (TPSA) is 95.7 Å². The molecule has 1 heterocycles. The first-order valence-corrected chi connectivity index (χ1v) is 8.74. The number of rotatable bonds is 9. The van der Waals surface area contributed by atoms with Gasteiger partial charge in [-0.15, -0.1) is 0 Å². The second kappa shape index (κ2) is 9.48. The lowest BCUT2D eigenvalue weighted by atomic mass is 10.1. The van der Waals surface area contributed by atoms with E-state index < -0.39 is 18.1 Å². The molecule has 2 atom stereocenters. The van der Waals surface area contributed by atoms with Crippen LogP contribution in [0.25, 0.3) is 0 Å². The van der Waals surface area contributed by atoms with Gasteiger partial charge in [-0.05, 0) is 49.9 Å². The standard InChI is InChI=1S/C18H26FN3O3/c19-14-8-6-13(7-9-14)12-21-15(4-1-2-10-20)17(23)22-11-3-5-16(22)18(24)25/h6-9,15-16,21H,1-5,10-12,20H2,(H,24,25)/t15-,16-/m0/s1. The van der Waals surface area contributed by atoms with Crippen LogP contribution in [0.15, 0.2) is 24.3 Å². The largest absolute Gasteiger partial charge is 0.480 e. The average Bonchev–Trinajstić information content (AvgIpc) is 3.09. The molecule has 1 aromatic rings. The van der Waals surface area contributed by atoms with E-state index in [0.29, 0.717) is 38.9 Å². The minimum atomic E-state index is -0.954. The van der Waals surface area contributed by atoms with Crippen molar-refractivity contribution >= 4 is 11.9 Å². The number of nitrogens with zero attached hydrogens (tertiary/aromatic N) is 1. The van der Waals surface area contributed by atoms with Crippen molar-refractivity contribution in [2.45, 2.75) is 50.7 Å². The van der Waals surface area contributed by atoms with Crippen molar-refractivity contribution in [1.29, 1.82) is 0 Å². The first kappa shape index (κ1) is 19.3. The van der Waals surface area contributed by atoms with E-state index in [1.54, 1.807) is 12.1 Å². The predicted molar refractivity (Wildman–Crippen MR) is 92.3 cm³/mol. The molecule has 1 aromatic carbocycles. The summed E-state index contributed by atoms with van der Waals surface area (Å²) < 4.78 is 13.0. The normalized spacial score (nSPS) is 18.3. The van der Waals surface area contributed by atoms with Gasteiger partial charge in [-0.2, -0.15) is 0 Å². The van der Waals surface area contributed by atoms with Crippen molar-refractivity contribution in [1.82, 2.24) is 10.2 Å². The molecule has 0 aromatic heterocycles. The Bertz CT molecular complexity index is 579. The molecule has 7 heteroatoms. The zero-order chi connectivity index (χ0) is 18.2. The van der Waals surface area contributed by atoms with Gasteiger partial charge in [0.15, 0.2) is 0 Å². The lowest BCUT2D eigenvalue weighted by molar-refractivity contribution is -0.149. The summed E-state index contributed by atoms with van der Waals surface area (Å²) >= 11 is 0. The van der Waals surface area contributed by atoms with Crippen molar-refractivity contribution in [2.24, 2.45) is 5.73 Å². The van der Waals surface area contributed by atoms with Gasteiger partial charge in [0.1, 0.15) is 11.9 Å². The molecule has 0 aliphatic carbocycles. The second-order valence-corrected chi connectivity index (χ2v) is 6.37. The minimum Gasteiger partial charge on any atom is -0.480 e. The number of carboxylic acid groups (broad SMARTS) is 1. The Morgan fingerprint density at radius 3 is 2.68 bits per heavy atom. The molecule has 4 N–H and O–H groups in total. The van der Waals surface area contributed by atoms with E-state index in [9.17, 15) is 19.1 Å². The maximum atomic E-state index is 13.0. The number of nitrogens with one attached hydrogen (secondary N) is 1. The molecule has 1 aliphatic rings. The summed E-state index contributed by atoms with van der Waals surface area (Å²) in [7, 11) is 0. The molecular weight excluding hydrogens is 325 g/mol. The fraction of sp³-hybridized carbons (Fsp3) is 0.556. The van der Waals surface area contributed by atoms with Crippen LogP contribution in [0.3, 0.4) is 0 Å². The number of nitrogens with two attached hydrogens (primary N) is 1. The maximum absolute atomic E-state index is 13.0. The summed E-state index contributed by atoms with van der Waals surface area (Å²) in [6, 6.07) is 4.89. The molecule has 0 radical (unpaired) electrons. The van der Waals surface area contributed by atoms with Gasteiger partial charge in [0.05, 0.1) is 6.04 Å². The summed E-state index contributed by atoms with van der Waals surface area (Å²) in [5, 5.41) is 12.5. The molecule has 25 heavy (non-hydrogen) atoms. The van der Waals surface area contributed by atoms with E-state index in [-0.39, 0.29) is 11.7 Å². The number of amides is 1. The smallest absolute Gasteiger partial charge is 0.326 e. The Morgan fingerprint density at radius 1 is 1.32 bits per heavy atom. The van der Waals surface area contributed by atoms with Crippen LogP contribution in [0.5, 0.6) is 0 Å². The third kappa shape index (κ3) is 5.51. The number of aliphatic carboxylic acids is 1. The number of unbranched alkanes of at least 4 members (excludes halogenated alkanes) is 1. The average molecular weight is 351 g/mol. The molecule has 1 fully saturated rings. The molecule has 1 saturated heterocycles. The molecule has 1 amide bonds. The van der Waals surface area contributed by atoms with Crippen molar-refractivity contribution in [3.63, 3.8) is 0 Å². The highest BCUT2D eigenvalue weighted by Gasteiger charge is 2.36. The molecule has 0 spiro atoms. The lowest BCUT2D eigenvalue weighted by Crippen LogP contribution is -2.50. The van der Waals surface area contributed by atoms with Gasteiger partial charge in [-0.3, -0.25) is 4.79 Å². The summed E-state index contributed by atoms with van der Waals surface area (Å²) in [5.74, 6) is -1.44. The number of hydrogen-bond donors (Lipinski definition) is 3. The molecule has 0 bridgehead atoms. The summed E-state index contributed by atoms with van der Waals surface area (Å²) in [5.41, 5.74) is 6.39. The zero-order valence-electron chi connectivity index (χ0n) is 14.3. The molecule has 1 aliphatic heterocycles. The van der Waals surface area contributed by atoms with Crippen LogP contribution in [0, 0.1) is 5.82 Å². The van der Waals surface area contributed by atoms with Gasteiger partial charge in [-0.1, -0.05) is 18.6 Å². The minimum absolute atomic E-state index is 0.177. The van der Waals surface area contributed by atoms with Gasteiger partial charge in [0.2, 0.25) is 5.91 Å².